The minimum absolute atomic E-state index is 0.0237. The highest BCUT2D eigenvalue weighted by molar-refractivity contribution is 5.64. The Kier molecular flexibility index (Phi) is 5.31. The number of hydrogen-bond donors (Lipinski definition) is 3. The lowest BCUT2D eigenvalue weighted by Gasteiger charge is -2.10. The van der Waals surface area contributed by atoms with Crippen LogP contribution in [-0.2, 0) is 11.3 Å². The van der Waals surface area contributed by atoms with Gasteiger partial charge in [0.15, 0.2) is 0 Å². The largest absolute Gasteiger partial charge is 0.465 e. The van der Waals surface area contributed by atoms with E-state index in [1.807, 2.05) is 30.3 Å². The topological polar surface area (TPSA) is 78.8 Å². The van der Waals surface area contributed by atoms with Crippen LogP contribution in [0.4, 0.5) is 4.79 Å². The third-order valence-electron chi connectivity index (χ3n) is 1.91. The molecule has 1 amide bonds. The summed E-state index contributed by atoms with van der Waals surface area (Å²) in [5.74, 6) is 0. The smallest absolute Gasteiger partial charge is 0.404 e. The molecule has 0 saturated carbocycles. The molecule has 0 aliphatic rings. The number of carbonyl (C=O) groups is 1. The van der Waals surface area contributed by atoms with Gasteiger partial charge in [-0.25, -0.2) is 4.79 Å². The van der Waals surface area contributed by atoms with Crippen molar-refractivity contribution >= 4 is 6.09 Å². The average molecular weight is 225 g/mol. The van der Waals surface area contributed by atoms with E-state index >= 15 is 0 Å². The summed E-state index contributed by atoms with van der Waals surface area (Å²) in [6, 6.07) is 9.56. The quantitative estimate of drug-likeness (QED) is 0.670. The molecule has 88 valence electrons. The van der Waals surface area contributed by atoms with Crippen LogP contribution in [0.3, 0.4) is 0 Å². The van der Waals surface area contributed by atoms with E-state index in [2.05, 4.69) is 5.32 Å². The highest BCUT2D eigenvalue weighted by Crippen LogP contribution is 2.00. The highest BCUT2D eigenvalue weighted by atomic mass is 16.5. The summed E-state index contributed by atoms with van der Waals surface area (Å²) < 4.78 is 5.23. The molecule has 0 aliphatic carbocycles. The van der Waals surface area contributed by atoms with Crippen LogP contribution in [0, 0.1) is 0 Å². The van der Waals surface area contributed by atoms with Crippen molar-refractivity contribution in [2.45, 2.75) is 12.7 Å². The number of nitrogens with one attached hydrogen (secondary N) is 1. The van der Waals surface area contributed by atoms with Crippen molar-refractivity contribution < 1.29 is 19.7 Å². The van der Waals surface area contributed by atoms with Crippen LogP contribution in [-0.4, -0.2) is 35.6 Å². The molecule has 0 saturated heterocycles. The van der Waals surface area contributed by atoms with E-state index in [0.29, 0.717) is 6.61 Å². The number of carboxylic acid groups (broad SMARTS) is 1. The van der Waals surface area contributed by atoms with Gasteiger partial charge in [-0.15, -0.1) is 0 Å². The minimum Gasteiger partial charge on any atom is -0.465 e. The molecule has 0 bridgehead atoms. The summed E-state index contributed by atoms with van der Waals surface area (Å²) >= 11 is 0. The maximum absolute atomic E-state index is 10.1. The molecule has 1 aromatic rings. The van der Waals surface area contributed by atoms with E-state index in [1.165, 1.54) is 0 Å². The number of rotatable bonds is 6. The normalized spacial score (nSPS) is 12.1. The van der Waals surface area contributed by atoms with Crippen molar-refractivity contribution in [2.24, 2.45) is 0 Å². The summed E-state index contributed by atoms with van der Waals surface area (Å²) in [5, 5.41) is 19.7. The maximum Gasteiger partial charge on any atom is 0.404 e. The van der Waals surface area contributed by atoms with E-state index in [1.54, 1.807) is 0 Å². The number of aliphatic hydroxyl groups is 1. The number of benzene rings is 1. The van der Waals surface area contributed by atoms with Crippen LogP contribution >= 0.6 is 0 Å². The van der Waals surface area contributed by atoms with E-state index in [0.717, 1.165) is 5.56 Å². The average Bonchev–Trinajstić information content (AvgIpc) is 2.28. The maximum atomic E-state index is 10.1. The fraction of sp³-hybridized carbons (Fsp3) is 0.364. The Labute approximate surface area is 93.7 Å². The second-order valence-electron chi connectivity index (χ2n) is 3.34. The molecule has 1 atom stereocenters. The summed E-state index contributed by atoms with van der Waals surface area (Å²) in [6.45, 7) is 0.490. The number of hydrogen-bond acceptors (Lipinski definition) is 3. The van der Waals surface area contributed by atoms with Gasteiger partial charge in [0.1, 0.15) is 0 Å². The van der Waals surface area contributed by atoms with Crippen molar-refractivity contribution in [1.29, 1.82) is 0 Å². The van der Waals surface area contributed by atoms with Gasteiger partial charge in [0.25, 0.3) is 0 Å². The van der Waals surface area contributed by atoms with Crippen LogP contribution < -0.4 is 5.32 Å². The van der Waals surface area contributed by atoms with Gasteiger partial charge in [-0.1, -0.05) is 30.3 Å². The Bertz CT molecular complexity index is 315. The molecule has 0 aliphatic heterocycles. The van der Waals surface area contributed by atoms with Crippen molar-refractivity contribution in [3.05, 3.63) is 35.9 Å². The second-order valence-corrected chi connectivity index (χ2v) is 3.34. The van der Waals surface area contributed by atoms with Crippen LogP contribution in [0.2, 0.25) is 0 Å². The van der Waals surface area contributed by atoms with Crippen molar-refractivity contribution in [1.82, 2.24) is 5.32 Å². The summed E-state index contributed by atoms with van der Waals surface area (Å²) in [5.41, 5.74) is 1.01. The molecule has 1 aromatic carbocycles. The second kappa shape index (κ2) is 6.81. The van der Waals surface area contributed by atoms with Gasteiger partial charge >= 0.3 is 6.09 Å². The standard InChI is InChI=1S/C11H15NO4/c13-10(6-12-11(14)15)8-16-7-9-4-2-1-3-5-9/h1-5,10,12-13H,6-8H2,(H,14,15)/t10-/m1/s1. The van der Waals surface area contributed by atoms with Gasteiger partial charge in [0.2, 0.25) is 0 Å². The third-order valence-corrected chi connectivity index (χ3v) is 1.91. The zero-order chi connectivity index (χ0) is 11.8. The predicted octanol–water partition coefficient (Wildman–Crippen LogP) is 0.832. The first kappa shape index (κ1) is 12.5. The molecule has 0 unspecified atom stereocenters. The Morgan fingerprint density at radius 2 is 2.06 bits per heavy atom. The molecule has 0 spiro atoms. The first-order valence-electron chi connectivity index (χ1n) is 4.95. The number of aliphatic hydroxyl groups excluding tert-OH is 1. The predicted molar refractivity (Wildman–Crippen MR) is 58.1 cm³/mol. The molecule has 0 radical (unpaired) electrons. The monoisotopic (exact) mass is 225 g/mol. The van der Waals surface area contributed by atoms with Gasteiger partial charge < -0.3 is 20.3 Å². The molecule has 5 heteroatoms. The fourth-order valence-electron chi connectivity index (χ4n) is 1.15. The van der Waals surface area contributed by atoms with E-state index in [9.17, 15) is 9.90 Å². The summed E-state index contributed by atoms with van der Waals surface area (Å²) in [4.78, 5) is 10.1. The first-order chi connectivity index (χ1) is 7.68. The van der Waals surface area contributed by atoms with Crippen LogP contribution in [0.5, 0.6) is 0 Å². The number of amides is 1. The van der Waals surface area contributed by atoms with Gasteiger partial charge in [0.05, 0.1) is 19.3 Å². The van der Waals surface area contributed by atoms with Gasteiger partial charge in [-0.05, 0) is 5.56 Å². The summed E-state index contributed by atoms with van der Waals surface area (Å²) in [6.07, 6.45) is -1.97. The molecular weight excluding hydrogens is 210 g/mol. The Morgan fingerprint density at radius 3 is 2.69 bits per heavy atom. The lowest BCUT2D eigenvalue weighted by Crippen LogP contribution is -2.33. The Hall–Kier alpha value is -1.59. The van der Waals surface area contributed by atoms with Gasteiger partial charge in [-0.2, -0.15) is 0 Å². The van der Waals surface area contributed by atoms with Gasteiger partial charge in [-0.3, -0.25) is 0 Å². The Balaban J connectivity index is 2.13. The van der Waals surface area contributed by atoms with Crippen molar-refractivity contribution in [3.63, 3.8) is 0 Å². The molecule has 0 fully saturated rings. The van der Waals surface area contributed by atoms with Crippen LogP contribution in [0.25, 0.3) is 0 Å². The fourth-order valence-corrected chi connectivity index (χ4v) is 1.15. The molecule has 0 aromatic heterocycles. The molecule has 3 N–H and O–H groups in total. The SMILES string of the molecule is O=C(O)NC[C@@H](O)COCc1ccccc1. The highest BCUT2D eigenvalue weighted by Gasteiger charge is 2.05. The van der Waals surface area contributed by atoms with Crippen LogP contribution in [0.15, 0.2) is 30.3 Å². The summed E-state index contributed by atoms with van der Waals surface area (Å²) in [7, 11) is 0. The van der Waals surface area contributed by atoms with E-state index in [-0.39, 0.29) is 13.2 Å². The minimum atomic E-state index is -1.15. The third kappa shape index (κ3) is 5.33. The number of ether oxygens (including phenoxy) is 1. The van der Waals surface area contributed by atoms with Crippen LogP contribution in [0.1, 0.15) is 5.56 Å². The molecule has 1 rings (SSSR count). The zero-order valence-corrected chi connectivity index (χ0v) is 8.80. The van der Waals surface area contributed by atoms with Crippen molar-refractivity contribution in [3.8, 4) is 0 Å². The van der Waals surface area contributed by atoms with E-state index < -0.39 is 12.2 Å². The zero-order valence-electron chi connectivity index (χ0n) is 8.80. The van der Waals surface area contributed by atoms with Gasteiger partial charge in [0, 0.05) is 6.54 Å². The molecule has 16 heavy (non-hydrogen) atoms. The lowest BCUT2D eigenvalue weighted by molar-refractivity contribution is 0.0291. The molecular formula is C11H15NO4. The molecule has 5 nitrogen and oxygen atoms in total. The lowest BCUT2D eigenvalue weighted by atomic mass is 10.2. The van der Waals surface area contributed by atoms with Crippen molar-refractivity contribution in [2.75, 3.05) is 13.2 Å². The Morgan fingerprint density at radius 1 is 1.38 bits per heavy atom. The van der Waals surface area contributed by atoms with E-state index in [4.69, 9.17) is 9.84 Å². The molecule has 0 heterocycles. The first-order valence-corrected chi connectivity index (χ1v) is 4.95.